The molecule has 2 N–H and O–H groups in total. The summed E-state index contributed by atoms with van der Waals surface area (Å²) in [5.74, 6) is -2.38. The van der Waals surface area contributed by atoms with E-state index in [1.165, 1.54) is 6.07 Å². The third-order valence-electron chi connectivity index (χ3n) is 5.73. The quantitative estimate of drug-likeness (QED) is 0.503. The monoisotopic (exact) mass is 464 g/mol. The van der Waals surface area contributed by atoms with Crippen molar-refractivity contribution in [2.45, 2.75) is 44.6 Å². The highest BCUT2D eigenvalue weighted by molar-refractivity contribution is 5.98. The standard InChI is InChI=1S/C23H21F5N4O/c1-2-13-3-5-14(6-4-13)19-10-20(23(26,27)28)32-21(31-19)17(12-30-32)22(33)29-11-15-7-8-16(24)9-18(15)25/h3-9,12,19-20,31H,2,10-11H2,1H3,(H,29,33). The Hall–Kier alpha value is -3.43. The molecular weight excluding hydrogens is 443 g/mol. The Labute approximate surface area is 186 Å². The summed E-state index contributed by atoms with van der Waals surface area (Å²) in [4.78, 5) is 12.7. The summed E-state index contributed by atoms with van der Waals surface area (Å²) in [6, 6.07) is 7.58. The molecule has 0 saturated heterocycles. The van der Waals surface area contributed by atoms with Gasteiger partial charge in [0.05, 0.1) is 12.2 Å². The van der Waals surface area contributed by atoms with Gasteiger partial charge in [-0.15, -0.1) is 0 Å². The first-order valence-electron chi connectivity index (χ1n) is 10.4. The van der Waals surface area contributed by atoms with Crippen LogP contribution in [0.1, 0.15) is 52.5 Å². The number of hydrogen-bond donors (Lipinski definition) is 2. The Morgan fingerprint density at radius 2 is 1.91 bits per heavy atom. The van der Waals surface area contributed by atoms with E-state index in [4.69, 9.17) is 0 Å². The highest BCUT2D eigenvalue weighted by atomic mass is 19.4. The molecule has 0 spiro atoms. The first-order valence-corrected chi connectivity index (χ1v) is 10.4. The Bertz CT molecular complexity index is 1160. The van der Waals surface area contributed by atoms with Crippen LogP contribution in [0.3, 0.4) is 0 Å². The first-order chi connectivity index (χ1) is 15.7. The summed E-state index contributed by atoms with van der Waals surface area (Å²) in [6.07, 6.45) is -3.00. The van der Waals surface area contributed by atoms with Gasteiger partial charge in [-0.05, 0) is 23.6 Å². The van der Waals surface area contributed by atoms with Gasteiger partial charge in [0.15, 0.2) is 6.04 Å². The van der Waals surface area contributed by atoms with Gasteiger partial charge in [-0.25, -0.2) is 13.5 Å². The molecule has 10 heteroatoms. The highest BCUT2D eigenvalue weighted by Gasteiger charge is 2.47. The van der Waals surface area contributed by atoms with Crippen LogP contribution < -0.4 is 10.6 Å². The van der Waals surface area contributed by atoms with Crippen LogP contribution in [0.25, 0.3) is 0 Å². The molecule has 0 saturated carbocycles. The molecule has 0 radical (unpaired) electrons. The molecule has 2 aromatic carbocycles. The average Bonchev–Trinajstić information content (AvgIpc) is 3.21. The Morgan fingerprint density at radius 1 is 1.18 bits per heavy atom. The van der Waals surface area contributed by atoms with Gasteiger partial charge >= 0.3 is 6.18 Å². The molecule has 2 atom stereocenters. The fourth-order valence-corrected chi connectivity index (χ4v) is 3.87. The fraction of sp³-hybridized carbons (Fsp3) is 0.304. The second kappa shape index (κ2) is 8.84. The Kier molecular flexibility index (Phi) is 6.09. The molecular formula is C23H21F5N4O. The smallest absolute Gasteiger partial charge is 0.363 e. The summed E-state index contributed by atoms with van der Waals surface area (Å²) >= 11 is 0. The van der Waals surface area contributed by atoms with Crippen molar-refractivity contribution in [2.24, 2.45) is 0 Å². The number of anilines is 1. The van der Waals surface area contributed by atoms with E-state index in [9.17, 15) is 26.7 Å². The predicted octanol–water partition coefficient (Wildman–Crippen LogP) is 5.31. The second-order valence-corrected chi connectivity index (χ2v) is 7.86. The van der Waals surface area contributed by atoms with E-state index in [1.54, 1.807) is 12.1 Å². The summed E-state index contributed by atoms with van der Waals surface area (Å²) < 4.78 is 69.2. The van der Waals surface area contributed by atoms with Crippen LogP contribution in [0, 0.1) is 11.6 Å². The molecule has 2 heterocycles. The van der Waals surface area contributed by atoms with Gasteiger partial charge in [-0.2, -0.15) is 18.3 Å². The number of nitrogens with one attached hydrogen (secondary N) is 2. The Morgan fingerprint density at radius 3 is 2.55 bits per heavy atom. The van der Waals surface area contributed by atoms with Crippen LogP contribution >= 0.6 is 0 Å². The minimum Gasteiger partial charge on any atom is -0.363 e. The zero-order valence-electron chi connectivity index (χ0n) is 17.6. The molecule has 1 amide bonds. The minimum absolute atomic E-state index is 0.0424. The summed E-state index contributed by atoms with van der Waals surface area (Å²) in [7, 11) is 0. The number of hydrogen-bond acceptors (Lipinski definition) is 3. The van der Waals surface area contributed by atoms with E-state index in [-0.39, 0.29) is 29.9 Å². The third kappa shape index (κ3) is 4.69. The number of fused-ring (bicyclic) bond motifs is 1. The van der Waals surface area contributed by atoms with Crippen LogP contribution in [-0.4, -0.2) is 21.9 Å². The van der Waals surface area contributed by atoms with Gasteiger partial charge in [-0.1, -0.05) is 37.3 Å². The van der Waals surface area contributed by atoms with Gasteiger partial charge < -0.3 is 10.6 Å². The van der Waals surface area contributed by atoms with Crippen molar-refractivity contribution in [1.82, 2.24) is 15.1 Å². The number of halogens is 5. The van der Waals surface area contributed by atoms with E-state index in [0.29, 0.717) is 11.6 Å². The minimum atomic E-state index is -4.57. The maximum Gasteiger partial charge on any atom is 0.410 e. The summed E-state index contributed by atoms with van der Waals surface area (Å²) in [5, 5.41) is 9.29. The topological polar surface area (TPSA) is 59.0 Å². The zero-order valence-corrected chi connectivity index (χ0v) is 17.6. The van der Waals surface area contributed by atoms with E-state index in [2.05, 4.69) is 15.7 Å². The van der Waals surface area contributed by atoms with Crippen molar-refractivity contribution in [3.05, 3.63) is 82.5 Å². The van der Waals surface area contributed by atoms with Gasteiger partial charge in [0.1, 0.15) is 23.0 Å². The van der Waals surface area contributed by atoms with Gasteiger partial charge in [-0.3, -0.25) is 4.79 Å². The SMILES string of the molecule is CCc1ccc(C2CC(C(F)(F)F)n3ncc(C(=O)NCc4ccc(F)cc4F)c3N2)cc1. The highest BCUT2D eigenvalue weighted by Crippen LogP contribution is 2.44. The van der Waals surface area contributed by atoms with Crippen molar-refractivity contribution in [3.63, 3.8) is 0 Å². The maximum absolute atomic E-state index is 13.8. The predicted molar refractivity (Wildman–Crippen MR) is 112 cm³/mol. The van der Waals surface area contributed by atoms with Crippen molar-refractivity contribution in [3.8, 4) is 0 Å². The lowest BCUT2D eigenvalue weighted by atomic mass is 9.95. The van der Waals surface area contributed by atoms with Gasteiger partial charge in [0.2, 0.25) is 0 Å². The first kappa shape index (κ1) is 22.8. The normalized spacial score (nSPS) is 17.9. The van der Waals surface area contributed by atoms with Crippen molar-refractivity contribution >= 4 is 11.7 Å². The molecule has 2 unspecified atom stereocenters. The lowest BCUT2D eigenvalue weighted by molar-refractivity contribution is -0.173. The molecule has 4 rings (SSSR count). The van der Waals surface area contributed by atoms with E-state index < -0.39 is 35.8 Å². The third-order valence-corrected chi connectivity index (χ3v) is 5.73. The molecule has 1 aromatic heterocycles. The molecule has 33 heavy (non-hydrogen) atoms. The molecule has 0 bridgehead atoms. The van der Waals surface area contributed by atoms with Crippen molar-refractivity contribution < 1.29 is 26.7 Å². The molecule has 1 aliphatic rings. The van der Waals surface area contributed by atoms with Crippen LogP contribution in [0.2, 0.25) is 0 Å². The van der Waals surface area contributed by atoms with Gasteiger partial charge in [0.25, 0.3) is 5.91 Å². The number of aryl methyl sites for hydroxylation is 1. The fourth-order valence-electron chi connectivity index (χ4n) is 3.87. The number of nitrogens with zero attached hydrogens (tertiary/aromatic N) is 2. The van der Waals surface area contributed by atoms with E-state index in [1.807, 2.05) is 19.1 Å². The summed E-state index contributed by atoms with van der Waals surface area (Å²) in [5.41, 5.74) is 1.66. The number of benzene rings is 2. The van der Waals surface area contributed by atoms with Gasteiger partial charge in [0, 0.05) is 24.6 Å². The number of rotatable bonds is 5. The molecule has 174 valence electrons. The largest absolute Gasteiger partial charge is 0.410 e. The molecule has 5 nitrogen and oxygen atoms in total. The van der Waals surface area contributed by atoms with Crippen LogP contribution in [0.5, 0.6) is 0 Å². The maximum atomic E-state index is 13.8. The number of alkyl halides is 3. The lowest BCUT2D eigenvalue weighted by Crippen LogP contribution is -2.36. The number of carbonyl (C=O) groups is 1. The summed E-state index contributed by atoms with van der Waals surface area (Å²) in [6.45, 7) is 1.72. The van der Waals surface area contributed by atoms with Crippen LogP contribution in [0.4, 0.5) is 27.8 Å². The van der Waals surface area contributed by atoms with E-state index >= 15 is 0 Å². The Balaban J connectivity index is 1.60. The van der Waals surface area contributed by atoms with Crippen molar-refractivity contribution in [2.75, 3.05) is 5.32 Å². The van der Waals surface area contributed by atoms with Crippen LogP contribution in [0.15, 0.2) is 48.7 Å². The lowest BCUT2D eigenvalue weighted by Gasteiger charge is -2.34. The van der Waals surface area contributed by atoms with Crippen molar-refractivity contribution in [1.29, 1.82) is 0 Å². The average molecular weight is 464 g/mol. The number of carbonyl (C=O) groups excluding carboxylic acids is 1. The molecule has 0 fully saturated rings. The molecule has 1 aliphatic heterocycles. The molecule has 3 aromatic rings. The second-order valence-electron chi connectivity index (χ2n) is 7.86. The number of aromatic nitrogens is 2. The molecule has 0 aliphatic carbocycles. The zero-order chi connectivity index (χ0) is 23.8. The number of amides is 1. The van der Waals surface area contributed by atoms with Crippen LogP contribution in [-0.2, 0) is 13.0 Å². The van der Waals surface area contributed by atoms with E-state index in [0.717, 1.165) is 28.9 Å².